The molecular weight excluding hydrogens is 462 g/mol. The number of fused-ring (bicyclic) bond motifs is 1. The van der Waals surface area contributed by atoms with Crippen LogP contribution in [0.5, 0.6) is 5.75 Å². The van der Waals surface area contributed by atoms with Gasteiger partial charge in [0.2, 0.25) is 0 Å². The van der Waals surface area contributed by atoms with Gasteiger partial charge in [0.05, 0.1) is 11.3 Å². The van der Waals surface area contributed by atoms with Crippen molar-refractivity contribution in [2.75, 3.05) is 24.4 Å². The number of hydrogen-bond acceptors (Lipinski definition) is 4. The van der Waals surface area contributed by atoms with Crippen molar-refractivity contribution in [3.8, 4) is 5.75 Å². The fraction of sp³-hybridized carbons (Fsp3) is 0.400. The van der Waals surface area contributed by atoms with Gasteiger partial charge in [-0.1, -0.05) is 6.07 Å². The molecule has 0 radical (unpaired) electrons. The minimum atomic E-state index is -4.89. The fourth-order valence-electron chi connectivity index (χ4n) is 3.38. The molecule has 1 heterocycles. The van der Waals surface area contributed by atoms with Crippen LogP contribution in [-0.4, -0.2) is 45.5 Å². The molecule has 2 aromatic rings. The molecule has 0 unspecified atom stereocenters. The van der Waals surface area contributed by atoms with Gasteiger partial charge in [0.25, 0.3) is 10.0 Å². The first-order valence-corrected chi connectivity index (χ1v) is 11.1. The third-order valence-electron chi connectivity index (χ3n) is 4.93. The van der Waals surface area contributed by atoms with E-state index in [2.05, 4.69) is 9.46 Å². The maximum atomic E-state index is 12.6. The summed E-state index contributed by atoms with van der Waals surface area (Å²) in [5.41, 5.74) is 2.01. The maximum absolute atomic E-state index is 12.6. The minimum Gasteiger partial charge on any atom is -0.406 e. The molecule has 3 rings (SSSR count). The molecule has 5 nitrogen and oxygen atoms in total. The zero-order valence-corrected chi connectivity index (χ0v) is 17.4. The summed E-state index contributed by atoms with van der Waals surface area (Å²) in [6.45, 7) is 0.797. The van der Waals surface area contributed by atoms with Gasteiger partial charge in [0, 0.05) is 25.3 Å². The van der Waals surface area contributed by atoms with Crippen molar-refractivity contribution >= 4 is 15.7 Å². The first-order chi connectivity index (χ1) is 14.8. The van der Waals surface area contributed by atoms with Gasteiger partial charge in [-0.3, -0.25) is 4.72 Å². The summed E-state index contributed by atoms with van der Waals surface area (Å²) in [6.07, 6.45) is -8.99. The standard InChI is InChI=1S/C20H20F6N2O3S/c21-19(22,23)9-12-28-10-7-14-1-2-16(13-15(14)8-11-28)27-32(29,30)18-5-3-17(4-6-18)31-20(24,25)26/h1-6,13,27H,7-12H2. The molecule has 0 aromatic heterocycles. The average Bonchev–Trinajstić information content (AvgIpc) is 2.87. The Morgan fingerprint density at radius 1 is 0.906 bits per heavy atom. The van der Waals surface area contributed by atoms with Gasteiger partial charge in [0.15, 0.2) is 0 Å². The van der Waals surface area contributed by atoms with Gasteiger partial charge in [-0.15, -0.1) is 13.2 Å². The van der Waals surface area contributed by atoms with Gasteiger partial charge in [0.1, 0.15) is 5.75 Å². The van der Waals surface area contributed by atoms with E-state index in [4.69, 9.17) is 0 Å². The van der Waals surface area contributed by atoms with Gasteiger partial charge < -0.3 is 9.64 Å². The molecule has 0 atom stereocenters. The number of nitrogens with one attached hydrogen (secondary N) is 1. The number of anilines is 1. The van der Waals surface area contributed by atoms with Crippen LogP contribution in [0.3, 0.4) is 0 Å². The highest BCUT2D eigenvalue weighted by atomic mass is 32.2. The highest BCUT2D eigenvalue weighted by molar-refractivity contribution is 7.92. The van der Waals surface area contributed by atoms with E-state index in [0.717, 1.165) is 35.4 Å². The van der Waals surface area contributed by atoms with Gasteiger partial charge >= 0.3 is 12.5 Å². The summed E-state index contributed by atoms with van der Waals surface area (Å²) in [7, 11) is -4.07. The average molecular weight is 482 g/mol. The van der Waals surface area contributed by atoms with Crippen molar-refractivity contribution in [3.63, 3.8) is 0 Å². The molecule has 12 heteroatoms. The molecule has 176 valence electrons. The fourth-order valence-corrected chi connectivity index (χ4v) is 4.43. The first kappa shape index (κ1) is 24.2. The first-order valence-electron chi connectivity index (χ1n) is 9.60. The number of alkyl halides is 6. The van der Waals surface area contributed by atoms with Crippen LogP contribution in [0.15, 0.2) is 47.4 Å². The van der Waals surface area contributed by atoms with Crippen molar-refractivity contribution in [1.29, 1.82) is 0 Å². The summed E-state index contributed by atoms with van der Waals surface area (Å²) in [6, 6.07) is 8.67. The molecule has 0 bridgehead atoms. The Bertz CT molecular complexity index is 1040. The molecule has 2 aromatic carbocycles. The molecule has 0 saturated heterocycles. The van der Waals surface area contributed by atoms with Crippen molar-refractivity contribution in [2.45, 2.75) is 36.7 Å². The number of hydrogen-bond donors (Lipinski definition) is 1. The summed E-state index contributed by atoms with van der Waals surface area (Å²) in [5.74, 6) is -0.545. The number of benzene rings is 2. The predicted octanol–water partition coefficient (Wildman–Crippen LogP) is 4.74. The Morgan fingerprint density at radius 3 is 2.12 bits per heavy atom. The Balaban J connectivity index is 1.67. The Hall–Kier alpha value is -2.47. The molecular formula is C20H20F6N2O3S. The van der Waals surface area contributed by atoms with Crippen LogP contribution in [0, 0.1) is 0 Å². The second kappa shape index (κ2) is 9.18. The predicted molar refractivity (Wildman–Crippen MR) is 105 cm³/mol. The van der Waals surface area contributed by atoms with Crippen LogP contribution in [0.4, 0.5) is 32.0 Å². The smallest absolute Gasteiger partial charge is 0.406 e. The highest BCUT2D eigenvalue weighted by Gasteiger charge is 2.31. The topological polar surface area (TPSA) is 58.6 Å². The quantitative estimate of drug-likeness (QED) is 0.605. The SMILES string of the molecule is O=S(=O)(Nc1ccc2c(c1)CCN(CCC(F)(F)F)CC2)c1ccc(OC(F)(F)F)cc1. The minimum absolute atomic E-state index is 0.0922. The van der Waals surface area contributed by atoms with Crippen molar-refractivity contribution < 1.29 is 39.5 Å². The molecule has 0 aliphatic carbocycles. The summed E-state index contributed by atoms with van der Waals surface area (Å²) >= 11 is 0. The molecule has 0 saturated carbocycles. The maximum Gasteiger partial charge on any atom is 0.573 e. The van der Waals surface area contributed by atoms with Crippen LogP contribution >= 0.6 is 0 Å². The van der Waals surface area contributed by atoms with Crippen molar-refractivity contribution in [2.24, 2.45) is 0 Å². The molecule has 1 aliphatic rings. The normalized spacial score (nSPS) is 15.7. The zero-order chi connectivity index (χ0) is 23.6. The summed E-state index contributed by atoms with van der Waals surface area (Å²) in [4.78, 5) is 1.47. The van der Waals surface area contributed by atoms with E-state index in [1.54, 1.807) is 23.1 Å². The summed E-state index contributed by atoms with van der Waals surface area (Å²) < 4.78 is 105. The van der Waals surface area contributed by atoms with E-state index in [-0.39, 0.29) is 17.1 Å². The number of nitrogens with zero attached hydrogens (tertiary/aromatic N) is 1. The molecule has 32 heavy (non-hydrogen) atoms. The third-order valence-corrected chi connectivity index (χ3v) is 6.33. The van der Waals surface area contributed by atoms with Crippen molar-refractivity contribution in [3.05, 3.63) is 53.6 Å². The largest absolute Gasteiger partial charge is 0.573 e. The molecule has 0 fully saturated rings. The lowest BCUT2D eigenvalue weighted by Crippen LogP contribution is -2.30. The van der Waals surface area contributed by atoms with Crippen LogP contribution < -0.4 is 9.46 Å². The van der Waals surface area contributed by atoms with E-state index >= 15 is 0 Å². The van der Waals surface area contributed by atoms with E-state index in [1.165, 1.54) is 0 Å². The number of ether oxygens (including phenoxy) is 1. The van der Waals surface area contributed by atoms with E-state index in [0.29, 0.717) is 25.9 Å². The second-order valence-electron chi connectivity index (χ2n) is 7.32. The van der Waals surface area contributed by atoms with E-state index < -0.39 is 34.7 Å². The summed E-state index contributed by atoms with van der Waals surface area (Å²) in [5, 5.41) is 0. The van der Waals surface area contributed by atoms with Crippen LogP contribution in [0.25, 0.3) is 0 Å². The van der Waals surface area contributed by atoms with Crippen molar-refractivity contribution in [1.82, 2.24) is 4.90 Å². The van der Waals surface area contributed by atoms with E-state index in [9.17, 15) is 34.8 Å². The second-order valence-corrected chi connectivity index (χ2v) is 9.00. The van der Waals surface area contributed by atoms with Crippen LogP contribution in [-0.2, 0) is 22.9 Å². The molecule has 0 amide bonds. The Morgan fingerprint density at radius 2 is 1.53 bits per heavy atom. The van der Waals surface area contributed by atoms with Gasteiger partial charge in [-0.25, -0.2) is 8.42 Å². The number of halogens is 6. The third kappa shape index (κ3) is 7.02. The Kier molecular flexibility index (Phi) is 6.94. The lowest BCUT2D eigenvalue weighted by Gasteiger charge is -2.20. The molecule has 1 N–H and O–H groups in total. The van der Waals surface area contributed by atoms with Gasteiger partial charge in [-0.05, 0) is 60.4 Å². The van der Waals surface area contributed by atoms with Crippen LogP contribution in [0.2, 0.25) is 0 Å². The lowest BCUT2D eigenvalue weighted by molar-refractivity contribution is -0.274. The van der Waals surface area contributed by atoms with Gasteiger partial charge in [-0.2, -0.15) is 13.2 Å². The monoisotopic (exact) mass is 482 g/mol. The number of rotatable bonds is 6. The number of sulfonamides is 1. The highest BCUT2D eigenvalue weighted by Crippen LogP contribution is 2.27. The zero-order valence-electron chi connectivity index (χ0n) is 16.6. The molecule has 1 aliphatic heterocycles. The van der Waals surface area contributed by atoms with Crippen LogP contribution in [0.1, 0.15) is 17.5 Å². The Labute approximate surface area is 181 Å². The van der Waals surface area contributed by atoms with E-state index in [1.807, 2.05) is 0 Å². The molecule has 0 spiro atoms. The lowest BCUT2D eigenvalue weighted by atomic mass is 10.0.